The third kappa shape index (κ3) is 4.73. The van der Waals surface area contributed by atoms with E-state index >= 15 is 0 Å². The number of anilines is 3. The molecular weight excluding hydrogens is 711 g/mol. The highest BCUT2D eigenvalue weighted by Gasteiger charge is 2.51. The minimum atomic E-state index is -0.443. The van der Waals surface area contributed by atoms with Gasteiger partial charge < -0.3 is 4.90 Å². The van der Waals surface area contributed by atoms with Crippen molar-refractivity contribution in [2.24, 2.45) is 0 Å². The number of hydrogen-bond acceptors (Lipinski definition) is 1. The van der Waals surface area contributed by atoms with E-state index in [0.29, 0.717) is 0 Å². The molecule has 12 rings (SSSR count). The van der Waals surface area contributed by atoms with Crippen molar-refractivity contribution in [1.82, 2.24) is 0 Å². The standard InChI is InChI=1S/C58H41N/c1-57(2)50-25-13-9-21-43(50)47-32-30-41(36-54(47)57)59(56-34-29-40(38-17-5-3-6-18-38)35-49(56)39-19-7-4-8-20-39)42-31-33-48-46-24-12-16-28-53(46)58(55(48)37-42)51-26-14-10-22-44(51)45-23-11-15-27-52(45)58/h3-37H,1-2H3. The Balaban J connectivity index is 1.15. The zero-order chi connectivity index (χ0) is 39.3. The number of nitrogens with zero attached hydrogens (tertiary/aromatic N) is 1. The van der Waals surface area contributed by atoms with Crippen molar-refractivity contribution < 1.29 is 0 Å². The van der Waals surface area contributed by atoms with Crippen LogP contribution in [0.5, 0.6) is 0 Å². The van der Waals surface area contributed by atoms with Crippen LogP contribution >= 0.6 is 0 Å². The SMILES string of the molecule is CC1(C)c2ccccc2-c2ccc(N(c3ccc4c(c3)C3(c5ccccc5-c5ccccc53)c3ccccc3-4)c3ccc(-c4ccccc4)cc3-c3ccccc3)cc21. The van der Waals surface area contributed by atoms with Crippen molar-refractivity contribution in [2.75, 3.05) is 4.90 Å². The van der Waals surface area contributed by atoms with Gasteiger partial charge >= 0.3 is 0 Å². The predicted octanol–water partition coefficient (Wildman–Crippen LogP) is 15.1. The molecule has 0 amide bonds. The molecule has 0 unspecified atom stereocenters. The van der Waals surface area contributed by atoms with Gasteiger partial charge in [0.15, 0.2) is 0 Å². The van der Waals surface area contributed by atoms with Crippen LogP contribution in [0.15, 0.2) is 212 Å². The quantitative estimate of drug-likeness (QED) is 0.169. The molecule has 0 radical (unpaired) electrons. The fourth-order valence-electron chi connectivity index (χ4n) is 10.9. The molecule has 0 saturated heterocycles. The molecule has 0 heterocycles. The average Bonchev–Trinajstić information content (AvgIpc) is 3.85. The lowest BCUT2D eigenvalue weighted by Gasteiger charge is -2.33. The molecule has 9 aromatic rings. The predicted molar refractivity (Wildman–Crippen MR) is 246 cm³/mol. The first kappa shape index (κ1) is 33.9. The second kappa shape index (κ2) is 12.6. The zero-order valence-electron chi connectivity index (χ0n) is 33.2. The molecule has 1 heteroatoms. The molecule has 0 aromatic heterocycles. The lowest BCUT2D eigenvalue weighted by molar-refractivity contribution is 0.660. The second-order valence-corrected chi connectivity index (χ2v) is 16.8. The molecule has 0 atom stereocenters. The van der Waals surface area contributed by atoms with Crippen molar-refractivity contribution in [3.05, 3.63) is 246 Å². The molecule has 1 spiro atoms. The molecule has 0 N–H and O–H groups in total. The van der Waals surface area contributed by atoms with E-state index < -0.39 is 5.41 Å². The van der Waals surface area contributed by atoms with E-state index in [1.54, 1.807) is 0 Å². The Kier molecular flexibility index (Phi) is 7.26. The maximum absolute atomic E-state index is 2.53. The number of rotatable bonds is 5. The lowest BCUT2D eigenvalue weighted by atomic mass is 9.70. The van der Waals surface area contributed by atoms with E-state index in [0.717, 1.165) is 17.1 Å². The van der Waals surface area contributed by atoms with Crippen LogP contribution in [-0.2, 0) is 10.8 Å². The van der Waals surface area contributed by atoms with Gasteiger partial charge in [0.1, 0.15) is 0 Å². The van der Waals surface area contributed by atoms with Gasteiger partial charge in [-0.2, -0.15) is 0 Å². The minimum Gasteiger partial charge on any atom is -0.310 e. The van der Waals surface area contributed by atoms with Crippen molar-refractivity contribution in [1.29, 1.82) is 0 Å². The number of fused-ring (bicyclic) bond motifs is 13. The molecule has 0 fully saturated rings. The summed E-state index contributed by atoms with van der Waals surface area (Å²) in [7, 11) is 0. The van der Waals surface area contributed by atoms with E-state index in [4.69, 9.17) is 0 Å². The first-order valence-corrected chi connectivity index (χ1v) is 20.8. The average molecular weight is 752 g/mol. The van der Waals surface area contributed by atoms with Gasteiger partial charge in [-0.1, -0.05) is 190 Å². The summed E-state index contributed by atoms with van der Waals surface area (Å²) in [6.07, 6.45) is 0. The summed E-state index contributed by atoms with van der Waals surface area (Å²) in [5.41, 5.74) is 23.6. The zero-order valence-corrected chi connectivity index (χ0v) is 33.2. The van der Waals surface area contributed by atoms with Crippen LogP contribution in [0, 0.1) is 0 Å². The third-order valence-electron chi connectivity index (χ3n) is 13.5. The van der Waals surface area contributed by atoms with Crippen LogP contribution in [0.4, 0.5) is 17.1 Å². The Morgan fingerprint density at radius 3 is 1.27 bits per heavy atom. The normalized spacial score (nSPS) is 14.2. The number of benzene rings is 9. The van der Waals surface area contributed by atoms with Gasteiger partial charge in [-0.3, -0.25) is 0 Å². The van der Waals surface area contributed by atoms with E-state index in [1.165, 1.54) is 89.0 Å². The summed E-state index contributed by atoms with van der Waals surface area (Å²) in [5, 5.41) is 0. The topological polar surface area (TPSA) is 3.24 Å². The van der Waals surface area contributed by atoms with Gasteiger partial charge in [-0.15, -0.1) is 0 Å². The fraction of sp³-hybridized carbons (Fsp3) is 0.0690. The third-order valence-corrected chi connectivity index (χ3v) is 13.5. The molecule has 59 heavy (non-hydrogen) atoms. The minimum absolute atomic E-state index is 0.145. The van der Waals surface area contributed by atoms with Crippen LogP contribution in [-0.4, -0.2) is 0 Å². The second-order valence-electron chi connectivity index (χ2n) is 16.8. The highest BCUT2D eigenvalue weighted by atomic mass is 15.1. The summed E-state index contributed by atoms with van der Waals surface area (Å²) >= 11 is 0. The Hall–Kier alpha value is -7.22. The number of hydrogen-bond donors (Lipinski definition) is 0. The van der Waals surface area contributed by atoms with Crippen LogP contribution in [0.3, 0.4) is 0 Å². The van der Waals surface area contributed by atoms with Gasteiger partial charge in [-0.05, 0) is 120 Å². The van der Waals surface area contributed by atoms with Gasteiger partial charge in [-0.25, -0.2) is 0 Å². The summed E-state index contributed by atoms with van der Waals surface area (Å²) in [6, 6.07) is 79.3. The largest absolute Gasteiger partial charge is 0.310 e. The van der Waals surface area contributed by atoms with E-state index in [-0.39, 0.29) is 5.41 Å². The lowest BCUT2D eigenvalue weighted by Crippen LogP contribution is -2.26. The first-order valence-electron chi connectivity index (χ1n) is 20.8. The molecule has 0 bridgehead atoms. The maximum Gasteiger partial charge on any atom is 0.0726 e. The Morgan fingerprint density at radius 2 is 0.712 bits per heavy atom. The van der Waals surface area contributed by atoms with Crippen LogP contribution in [0.2, 0.25) is 0 Å². The molecule has 1 nitrogen and oxygen atoms in total. The van der Waals surface area contributed by atoms with Gasteiger partial charge in [0.25, 0.3) is 0 Å². The van der Waals surface area contributed by atoms with E-state index in [9.17, 15) is 0 Å². The fourth-order valence-corrected chi connectivity index (χ4v) is 10.9. The first-order chi connectivity index (χ1) is 29.0. The Morgan fingerprint density at radius 1 is 0.288 bits per heavy atom. The van der Waals surface area contributed by atoms with E-state index in [2.05, 4.69) is 231 Å². The molecule has 0 saturated carbocycles. The van der Waals surface area contributed by atoms with E-state index in [1.807, 2.05) is 0 Å². The molecule has 3 aliphatic carbocycles. The van der Waals surface area contributed by atoms with Crippen LogP contribution in [0.25, 0.3) is 55.6 Å². The molecule has 9 aromatic carbocycles. The van der Waals surface area contributed by atoms with Crippen molar-refractivity contribution in [2.45, 2.75) is 24.7 Å². The maximum atomic E-state index is 2.53. The summed E-state index contributed by atoms with van der Waals surface area (Å²) < 4.78 is 0. The molecule has 0 aliphatic heterocycles. The van der Waals surface area contributed by atoms with Gasteiger partial charge in [0.2, 0.25) is 0 Å². The highest BCUT2D eigenvalue weighted by molar-refractivity contribution is 5.98. The van der Waals surface area contributed by atoms with Gasteiger partial charge in [0.05, 0.1) is 11.1 Å². The monoisotopic (exact) mass is 751 g/mol. The van der Waals surface area contributed by atoms with Crippen molar-refractivity contribution >= 4 is 17.1 Å². The molecule has 3 aliphatic rings. The van der Waals surface area contributed by atoms with Crippen LogP contribution < -0.4 is 4.90 Å². The highest BCUT2D eigenvalue weighted by Crippen LogP contribution is 2.63. The Labute approximate surface area is 346 Å². The summed E-state index contributed by atoms with van der Waals surface area (Å²) in [6.45, 7) is 4.75. The molecule has 278 valence electrons. The van der Waals surface area contributed by atoms with Crippen molar-refractivity contribution in [3.63, 3.8) is 0 Å². The summed E-state index contributed by atoms with van der Waals surface area (Å²) in [4.78, 5) is 2.53. The van der Waals surface area contributed by atoms with Gasteiger partial charge in [0, 0.05) is 22.4 Å². The van der Waals surface area contributed by atoms with Crippen LogP contribution in [0.1, 0.15) is 47.2 Å². The smallest absolute Gasteiger partial charge is 0.0726 e. The summed E-state index contributed by atoms with van der Waals surface area (Å²) in [5.74, 6) is 0. The Bertz CT molecular complexity index is 3070. The molecular formula is C58H41N. The van der Waals surface area contributed by atoms with Crippen molar-refractivity contribution in [3.8, 4) is 55.6 Å².